The van der Waals surface area contributed by atoms with Gasteiger partial charge in [-0.15, -0.1) is 10.2 Å². The topological polar surface area (TPSA) is 73.3 Å². The average molecular weight is 369 g/mol. The molecule has 0 aliphatic carbocycles. The number of rotatable bonds is 7. The number of nitrogens with one attached hydrogen (secondary N) is 1. The quantitative estimate of drug-likeness (QED) is 0.687. The van der Waals surface area contributed by atoms with Crippen LogP contribution < -0.4 is 14.8 Å². The van der Waals surface area contributed by atoms with Crippen molar-refractivity contribution in [3.05, 3.63) is 64.7 Å². The zero-order valence-corrected chi connectivity index (χ0v) is 15.4. The summed E-state index contributed by atoms with van der Waals surface area (Å²) in [5.74, 6) is 1.22. The largest absolute Gasteiger partial charge is 0.497 e. The second kappa shape index (κ2) is 8.44. The van der Waals surface area contributed by atoms with Gasteiger partial charge in [0, 0.05) is 12.0 Å². The Balaban J connectivity index is 1.53. The zero-order chi connectivity index (χ0) is 18.4. The molecule has 0 spiro atoms. The van der Waals surface area contributed by atoms with Gasteiger partial charge in [-0.2, -0.15) is 0 Å². The van der Waals surface area contributed by atoms with Crippen LogP contribution in [-0.4, -0.2) is 29.8 Å². The predicted molar refractivity (Wildman–Crippen MR) is 101 cm³/mol. The highest BCUT2D eigenvalue weighted by Gasteiger charge is 2.11. The minimum Gasteiger partial charge on any atom is -0.497 e. The molecule has 1 heterocycles. The van der Waals surface area contributed by atoms with E-state index in [0.29, 0.717) is 29.5 Å². The number of amides is 1. The molecule has 0 radical (unpaired) electrons. The number of hydrogen-bond donors (Lipinski definition) is 1. The fourth-order valence-corrected chi connectivity index (χ4v) is 3.02. The van der Waals surface area contributed by atoms with Gasteiger partial charge in [-0.05, 0) is 42.8 Å². The van der Waals surface area contributed by atoms with E-state index in [1.54, 1.807) is 31.4 Å². The smallest absolute Gasteiger partial charge is 0.257 e. The van der Waals surface area contributed by atoms with Crippen LogP contribution in [0.1, 0.15) is 20.9 Å². The number of benzene rings is 2. The van der Waals surface area contributed by atoms with Gasteiger partial charge >= 0.3 is 0 Å². The molecular formula is C19H19N3O3S. The number of anilines is 1. The van der Waals surface area contributed by atoms with E-state index in [1.165, 1.54) is 11.3 Å². The van der Waals surface area contributed by atoms with E-state index in [1.807, 2.05) is 31.2 Å². The van der Waals surface area contributed by atoms with Crippen LogP contribution in [0.15, 0.2) is 48.5 Å². The van der Waals surface area contributed by atoms with Gasteiger partial charge in [-0.3, -0.25) is 10.1 Å². The van der Waals surface area contributed by atoms with Crippen molar-refractivity contribution in [2.45, 2.75) is 13.3 Å². The maximum absolute atomic E-state index is 12.3. The van der Waals surface area contributed by atoms with Crippen LogP contribution in [0.25, 0.3) is 0 Å². The van der Waals surface area contributed by atoms with E-state index < -0.39 is 0 Å². The Bertz CT molecular complexity index is 895. The summed E-state index contributed by atoms with van der Waals surface area (Å²) in [7, 11) is 1.56. The van der Waals surface area contributed by atoms with E-state index in [2.05, 4.69) is 15.5 Å². The Labute approximate surface area is 155 Å². The van der Waals surface area contributed by atoms with Gasteiger partial charge in [0.15, 0.2) is 0 Å². The Morgan fingerprint density at radius 3 is 2.73 bits per heavy atom. The van der Waals surface area contributed by atoms with Crippen LogP contribution in [0.3, 0.4) is 0 Å². The number of carbonyl (C=O) groups is 1. The Hall–Kier alpha value is -2.93. The first kappa shape index (κ1) is 17.9. The molecule has 134 valence electrons. The molecule has 0 bridgehead atoms. The second-order valence-corrected chi connectivity index (χ2v) is 6.66. The average Bonchev–Trinajstić information content (AvgIpc) is 3.09. The van der Waals surface area contributed by atoms with E-state index in [-0.39, 0.29) is 5.91 Å². The molecular weight excluding hydrogens is 350 g/mol. The third-order valence-corrected chi connectivity index (χ3v) is 4.49. The van der Waals surface area contributed by atoms with E-state index in [0.717, 1.165) is 16.3 Å². The van der Waals surface area contributed by atoms with Gasteiger partial charge in [-0.25, -0.2) is 0 Å². The van der Waals surface area contributed by atoms with E-state index in [4.69, 9.17) is 9.47 Å². The standard InChI is InChI=1S/C19H19N3O3S/c1-13-5-3-8-16(11-13)25-10-9-17-21-22-19(26-17)20-18(23)14-6-4-7-15(12-14)24-2/h3-8,11-12H,9-10H2,1-2H3,(H,20,22,23). The molecule has 1 N–H and O–H groups in total. The van der Waals surface area contributed by atoms with Crippen LogP contribution in [0.4, 0.5) is 5.13 Å². The molecule has 26 heavy (non-hydrogen) atoms. The highest BCUT2D eigenvalue weighted by atomic mass is 32.1. The van der Waals surface area contributed by atoms with Gasteiger partial charge in [0.2, 0.25) is 5.13 Å². The molecule has 6 nitrogen and oxygen atoms in total. The number of ether oxygens (including phenoxy) is 2. The summed E-state index contributed by atoms with van der Waals surface area (Å²) in [6.07, 6.45) is 0.626. The van der Waals surface area contributed by atoms with Crippen LogP contribution in [-0.2, 0) is 6.42 Å². The number of aromatic nitrogens is 2. The SMILES string of the molecule is COc1cccc(C(=O)Nc2nnc(CCOc3cccc(C)c3)s2)c1. The molecule has 1 aromatic heterocycles. The van der Waals surface area contributed by atoms with Gasteiger partial charge in [0.05, 0.1) is 13.7 Å². The summed E-state index contributed by atoms with van der Waals surface area (Å²) in [5.41, 5.74) is 1.66. The van der Waals surface area contributed by atoms with Crippen molar-refractivity contribution < 1.29 is 14.3 Å². The summed E-state index contributed by atoms with van der Waals surface area (Å²) in [5, 5.41) is 12.1. The highest BCUT2D eigenvalue weighted by Crippen LogP contribution is 2.19. The molecule has 0 saturated heterocycles. The summed E-state index contributed by atoms with van der Waals surface area (Å²) < 4.78 is 10.8. The molecule has 2 aromatic carbocycles. The Morgan fingerprint density at radius 1 is 1.12 bits per heavy atom. The van der Waals surface area contributed by atoms with Crippen molar-refractivity contribution >= 4 is 22.4 Å². The molecule has 7 heteroatoms. The van der Waals surface area contributed by atoms with Crippen molar-refractivity contribution in [3.8, 4) is 11.5 Å². The lowest BCUT2D eigenvalue weighted by atomic mass is 10.2. The molecule has 0 aliphatic heterocycles. The summed E-state index contributed by atoms with van der Waals surface area (Å²) in [6.45, 7) is 2.52. The van der Waals surface area contributed by atoms with Crippen molar-refractivity contribution in [1.29, 1.82) is 0 Å². The first-order valence-corrected chi connectivity index (χ1v) is 8.93. The number of nitrogens with zero attached hydrogens (tertiary/aromatic N) is 2. The van der Waals surface area contributed by atoms with Crippen molar-refractivity contribution in [2.24, 2.45) is 0 Å². The monoisotopic (exact) mass is 369 g/mol. The normalized spacial score (nSPS) is 10.4. The van der Waals surface area contributed by atoms with Crippen molar-refractivity contribution in [1.82, 2.24) is 10.2 Å². The number of methoxy groups -OCH3 is 1. The van der Waals surface area contributed by atoms with E-state index >= 15 is 0 Å². The fourth-order valence-electron chi connectivity index (χ4n) is 2.30. The van der Waals surface area contributed by atoms with Crippen LogP contribution in [0.5, 0.6) is 11.5 Å². The lowest BCUT2D eigenvalue weighted by Gasteiger charge is -2.05. The molecule has 1 amide bonds. The molecule has 3 aromatic rings. The van der Waals surface area contributed by atoms with Gasteiger partial charge < -0.3 is 9.47 Å². The lowest BCUT2D eigenvalue weighted by molar-refractivity contribution is 0.102. The Morgan fingerprint density at radius 2 is 1.92 bits per heavy atom. The predicted octanol–water partition coefficient (Wildman–Crippen LogP) is 3.73. The molecule has 0 unspecified atom stereocenters. The third kappa shape index (κ3) is 4.80. The van der Waals surface area contributed by atoms with Crippen LogP contribution in [0.2, 0.25) is 0 Å². The summed E-state index contributed by atoms with van der Waals surface area (Å²) in [4.78, 5) is 12.3. The molecule has 0 aliphatic rings. The van der Waals surface area contributed by atoms with Gasteiger partial charge in [0.1, 0.15) is 16.5 Å². The van der Waals surface area contributed by atoms with Crippen molar-refractivity contribution in [2.75, 3.05) is 19.0 Å². The summed E-state index contributed by atoms with van der Waals surface area (Å²) in [6, 6.07) is 14.8. The molecule has 0 saturated carbocycles. The lowest BCUT2D eigenvalue weighted by Crippen LogP contribution is -2.11. The maximum atomic E-state index is 12.3. The van der Waals surface area contributed by atoms with Gasteiger partial charge in [-0.1, -0.05) is 29.5 Å². The first-order chi connectivity index (χ1) is 12.6. The number of aryl methyl sites for hydroxylation is 1. The minimum absolute atomic E-state index is 0.248. The fraction of sp³-hybridized carbons (Fsp3) is 0.211. The Kier molecular flexibility index (Phi) is 5.80. The minimum atomic E-state index is -0.248. The van der Waals surface area contributed by atoms with Crippen LogP contribution in [0, 0.1) is 6.92 Å². The highest BCUT2D eigenvalue weighted by molar-refractivity contribution is 7.15. The van der Waals surface area contributed by atoms with Crippen molar-refractivity contribution in [3.63, 3.8) is 0 Å². The molecule has 0 fully saturated rings. The zero-order valence-electron chi connectivity index (χ0n) is 14.6. The molecule has 0 atom stereocenters. The third-order valence-electron chi connectivity index (χ3n) is 3.59. The first-order valence-electron chi connectivity index (χ1n) is 8.11. The number of hydrogen-bond acceptors (Lipinski definition) is 6. The molecule has 3 rings (SSSR count). The van der Waals surface area contributed by atoms with Crippen LogP contribution >= 0.6 is 11.3 Å². The summed E-state index contributed by atoms with van der Waals surface area (Å²) >= 11 is 1.34. The maximum Gasteiger partial charge on any atom is 0.257 e. The number of carbonyl (C=O) groups excluding carboxylic acids is 1. The second-order valence-electron chi connectivity index (χ2n) is 5.60. The van der Waals surface area contributed by atoms with E-state index in [9.17, 15) is 4.79 Å². The van der Waals surface area contributed by atoms with Gasteiger partial charge in [0.25, 0.3) is 5.91 Å².